The van der Waals surface area contributed by atoms with E-state index in [1.165, 1.54) is 32.1 Å². The molecule has 5 nitrogen and oxygen atoms in total. The Morgan fingerprint density at radius 1 is 0.870 bits per heavy atom. The van der Waals surface area contributed by atoms with Crippen LogP contribution in [0.1, 0.15) is 96.0 Å². The molecule has 46 heavy (non-hydrogen) atoms. The lowest BCUT2D eigenvalue weighted by Crippen LogP contribution is -2.52. The zero-order valence-electron chi connectivity index (χ0n) is 26.9. The molecule has 4 unspecified atom stereocenters. The lowest BCUT2D eigenvalue weighted by atomic mass is 9.44. The number of allylic oxidation sites excluding steroid dienone is 5. The highest BCUT2D eigenvalue weighted by Gasteiger charge is 2.68. The first-order chi connectivity index (χ1) is 22.5. The van der Waals surface area contributed by atoms with Gasteiger partial charge in [0.1, 0.15) is 17.3 Å². The topological polar surface area (TPSA) is 72.8 Å². The maximum atomic E-state index is 14.2. The van der Waals surface area contributed by atoms with Gasteiger partial charge in [-0.05, 0) is 109 Å². The zero-order valence-corrected chi connectivity index (χ0v) is 26.9. The number of ether oxygens (including phenoxy) is 2. The minimum atomic E-state index is -0.710. The summed E-state index contributed by atoms with van der Waals surface area (Å²) in [6.07, 6.45) is 18.2. The largest absolute Gasteiger partial charge is 0.508 e. The predicted octanol–water partition coefficient (Wildman–Crippen LogP) is 9.59. The van der Waals surface area contributed by atoms with E-state index >= 15 is 0 Å². The molecule has 1 N–H and O–H groups in total. The second kappa shape index (κ2) is 11.7. The van der Waals surface area contributed by atoms with Gasteiger partial charge in [0.25, 0.3) is 0 Å². The molecule has 2 aromatic rings. The molecule has 1 saturated heterocycles. The van der Waals surface area contributed by atoms with Gasteiger partial charge in [-0.2, -0.15) is 0 Å². The maximum absolute atomic E-state index is 14.2. The number of rotatable bonds is 7. The molecule has 238 valence electrons. The summed E-state index contributed by atoms with van der Waals surface area (Å²) in [5.41, 5.74) is 5.80. The number of phenolic OH excluding ortho intramolecular Hbond substituents is 1. The van der Waals surface area contributed by atoms with Crippen LogP contribution in [-0.4, -0.2) is 17.0 Å². The van der Waals surface area contributed by atoms with Gasteiger partial charge >= 0.3 is 11.9 Å². The third-order valence-corrected chi connectivity index (χ3v) is 12.0. The van der Waals surface area contributed by atoms with Crippen LogP contribution in [-0.2, 0) is 19.1 Å². The van der Waals surface area contributed by atoms with Crippen molar-refractivity contribution in [2.45, 2.75) is 90.4 Å². The van der Waals surface area contributed by atoms with E-state index in [0.29, 0.717) is 5.57 Å². The summed E-state index contributed by atoms with van der Waals surface area (Å²) in [7, 11) is 0. The van der Waals surface area contributed by atoms with Gasteiger partial charge in [-0.15, -0.1) is 0 Å². The van der Waals surface area contributed by atoms with Crippen molar-refractivity contribution in [2.75, 3.05) is 0 Å². The van der Waals surface area contributed by atoms with Gasteiger partial charge in [-0.3, -0.25) is 0 Å². The van der Waals surface area contributed by atoms with Gasteiger partial charge in [-0.25, -0.2) is 9.59 Å². The van der Waals surface area contributed by atoms with E-state index in [9.17, 15) is 14.7 Å². The van der Waals surface area contributed by atoms with E-state index in [-0.39, 0.29) is 35.4 Å². The molecule has 2 bridgehead atoms. The highest BCUT2D eigenvalue weighted by atomic mass is 16.5. The van der Waals surface area contributed by atoms with Gasteiger partial charge in [0, 0.05) is 17.1 Å². The molecular weight excluding hydrogens is 572 g/mol. The molecule has 9 rings (SSSR count). The van der Waals surface area contributed by atoms with E-state index in [2.05, 4.69) is 31.2 Å². The van der Waals surface area contributed by atoms with Gasteiger partial charge in [-0.1, -0.05) is 81.8 Å². The summed E-state index contributed by atoms with van der Waals surface area (Å²) < 4.78 is 12.4. The molecule has 2 aliphatic heterocycles. The third kappa shape index (κ3) is 4.56. The number of esters is 2. The number of carbonyl (C=O) groups is 2. The summed E-state index contributed by atoms with van der Waals surface area (Å²) in [6.45, 7) is 2.13. The fourth-order valence-electron chi connectivity index (χ4n) is 10.1. The maximum Gasteiger partial charge on any atom is 0.340 e. The Morgan fingerprint density at radius 2 is 1.70 bits per heavy atom. The fraction of sp³-hybridized carbons (Fsp3) is 0.463. The van der Waals surface area contributed by atoms with Crippen molar-refractivity contribution in [3.05, 3.63) is 94.5 Å². The molecule has 3 fully saturated rings. The molecule has 5 aliphatic carbocycles. The van der Waals surface area contributed by atoms with Crippen LogP contribution in [0.4, 0.5) is 0 Å². The van der Waals surface area contributed by atoms with Crippen molar-refractivity contribution in [3.63, 3.8) is 0 Å². The fourth-order valence-corrected chi connectivity index (χ4v) is 10.1. The zero-order chi connectivity index (χ0) is 31.4. The number of unbranched alkanes of at least 4 members (excludes halogenated alkanes) is 1. The van der Waals surface area contributed by atoms with Crippen LogP contribution in [0, 0.1) is 29.1 Å². The first-order valence-corrected chi connectivity index (χ1v) is 17.7. The minimum absolute atomic E-state index is 0.0744. The Morgan fingerprint density at radius 3 is 2.50 bits per heavy atom. The van der Waals surface area contributed by atoms with Crippen LogP contribution in [0.15, 0.2) is 88.9 Å². The number of hydrogen-bond acceptors (Lipinski definition) is 5. The lowest BCUT2D eigenvalue weighted by molar-refractivity contribution is -0.135. The molecule has 4 atom stereocenters. The van der Waals surface area contributed by atoms with Crippen molar-refractivity contribution in [2.24, 2.45) is 29.1 Å². The van der Waals surface area contributed by atoms with Gasteiger partial charge in [0.05, 0.1) is 11.0 Å². The number of phenols is 1. The van der Waals surface area contributed by atoms with Crippen LogP contribution in [0.2, 0.25) is 0 Å². The van der Waals surface area contributed by atoms with E-state index in [0.717, 1.165) is 102 Å². The normalized spacial score (nSPS) is 30.5. The molecule has 2 aromatic carbocycles. The SMILES string of the molecule is CCCC=C1OC(=O)C2=C(c3cc(O)ccc3-c3ccccc3)C3CCC12C1C2=C(CCC31)C(=CCCC1CCCCC1)OC2=O. The van der Waals surface area contributed by atoms with Crippen LogP contribution < -0.4 is 0 Å². The number of carbonyl (C=O) groups excluding carboxylic acids is 2. The van der Waals surface area contributed by atoms with Crippen LogP contribution >= 0.6 is 0 Å². The van der Waals surface area contributed by atoms with E-state index in [1.807, 2.05) is 30.3 Å². The molecule has 0 aromatic heterocycles. The Bertz CT molecular complexity index is 1700. The quantitative estimate of drug-likeness (QED) is 0.314. The highest BCUT2D eigenvalue weighted by molar-refractivity contribution is 6.07. The number of cyclic esters (lactones) is 2. The summed E-state index contributed by atoms with van der Waals surface area (Å²) in [5.74, 6) is 2.00. The minimum Gasteiger partial charge on any atom is -0.508 e. The van der Waals surface area contributed by atoms with Crippen LogP contribution in [0.5, 0.6) is 5.75 Å². The van der Waals surface area contributed by atoms with Gasteiger partial charge < -0.3 is 14.6 Å². The number of benzene rings is 2. The summed E-state index contributed by atoms with van der Waals surface area (Å²) in [5, 5.41) is 10.8. The number of aromatic hydroxyl groups is 1. The van der Waals surface area contributed by atoms with Crippen LogP contribution in [0.3, 0.4) is 0 Å². The van der Waals surface area contributed by atoms with Crippen molar-refractivity contribution in [1.82, 2.24) is 0 Å². The molecule has 0 amide bonds. The van der Waals surface area contributed by atoms with Gasteiger partial charge in [0.2, 0.25) is 0 Å². The average molecular weight is 617 g/mol. The summed E-state index contributed by atoms with van der Waals surface area (Å²) >= 11 is 0. The Hall–Kier alpha value is -3.86. The Labute approximate surface area is 272 Å². The standard InChI is InChI=1S/C41H44O5/c1-2-3-17-34-41-23-22-29(35(38(41)40(44)46-34)32-24-27(42)18-19-28(32)26-14-8-5-9-15-26)30-20-21-31-33(45-39(43)36(31)37(30)41)16-10-13-25-11-6-4-7-12-25/h5,8-9,14-19,24-25,29-30,37,42H,2-4,6-7,10-13,20-23H2,1H3. The van der Waals surface area contributed by atoms with Crippen molar-refractivity contribution >= 4 is 17.5 Å². The molecule has 5 heteroatoms. The second-order valence-corrected chi connectivity index (χ2v) is 14.4. The Balaban J connectivity index is 1.28. The first-order valence-electron chi connectivity index (χ1n) is 17.7. The van der Waals surface area contributed by atoms with E-state index < -0.39 is 5.41 Å². The highest BCUT2D eigenvalue weighted by Crippen LogP contribution is 2.72. The van der Waals surface area contributed by atoms with Crippen molar-refractivity contribution < 1.29 is 24.2 Å². The summed E-state index contributed by atoms with van der Waals surface area (Å²) in [6, 6.07) is 15.7. The average Bonchev–Trinajstić information content (AvgIpc) is 3.57. The monoisotopic (exact) mass is 616 g/mol. The van der Waals surface area contributed by atoms with E-state index in [1.54, 1.807) is 6.07 Å². The molecule has 1 spiro atoms. The molecule has 2 heterocycles. The lowest BCUT2D eigenvalue weighted by Gasteiger charge is -2.56. The third-order valence-electron chi connectivity index (χ3n) is 12.0. The van der Waals surface area contributed by atoms with E-state index in [4.69, 9.17) is 9.47 Å². The molecule has 2 saturated carbocycles. The summed E-state index contributed by atoms with van der Waals surface area (Å²) in [4.78, 5) is 28.1. The van der Waals surface area contributed by atoms with Crippen molar-refractivity contribution in [1.29, 1.82) is 0 Å². The number of fused-ring (bicyclic) bond motifs is 1. The molecule has 0 radical (unpaired) electrons. The molecule has 7 aliphatic rings. The van der Waals surface area contributed by atoms with Crippen LogP contribution in [0.25, 0.3) is 16.7 Å². The predicted molar refractivity (Wildman–Crippen MR) is 178 cm³/mol. The second-order valence-electron chi connectivity index (χ2n) is 14.4. The Kier molecular flexibility index (Phi) is 7.54. The van der Waals surface area contributed by atoms with Crippen molar-refractivity contribution in [3.8, 4) is 16.9 Å². The first kappa shape index (κ1) is 29.5. The number of hydrogen-bond donors (Lipinski definition) is 1. The smallest absolute Gasteiger partial charge is 0.340 e. The molecular formula is C41H44O5. The van der Waals surface area contributed by atoms with Gasteiger partial charge in [0.15, 0.2) is 0 Å².